The normalized spacial score (nSPS) is 13.7. The lowest BCUT2D eigenvalue weighted by Gasteiger charge is -2.28. The molecule has 2 aromatic carbocycles. The van der Waals surface area contributed by atoms with E-state index in [0.717, 1.165) is 5.56 Å². The average molecular weight is 380 g/mol. The number of hydrogen-bond donors (Lipinski definition) is 2. The number of halogens is 2. The van der Waals surface area contributed by atoms with E-state index in [1.807, 2.05) is 44.2 Å². The number of aliphatic hydroxyl groups excluding tert-OH is 1. The van der Waals surface area contributed by atoms with E-state index in [4.69, 9.17) is 0 Å². The van der Waals surface area contributed by atoms with E-state index >= 15 is 0 Å². The summed E-state index contributed by atoms with van der Waals surface area (Å²) < 4.78 is 13.5. The van der Waals surface area contributed by atoms with Gasteiger partial charge >= 0.3 is 0 Å². The molecule has 0 radical (unpaired) electrons. The number of benzene rings is 2. The quantitative estimate of drug-likeness (QED) is 0.822. The van der Waals surface area contributed by atoms with Crippen LogP contribution >= 0.6 is 15.9 Å². The molecule has 2 atom stereocenters. The molecular weight excluding hydrogens is 361 g/mol. The zero-order chi connectivity index (χ0) is 17.0. The molecule has 2 aromatic rings. The monoisotopic (exact) mass is 379 g/mol. The van der Waals surface area contributed by atoms with Gasteiger partial charge in [-0.2, -0.15) is 0 Å². The van der Waals surface area contributed by atoms with Crippen molar-refractivity contribution in [2.75, 3.05) is 0 Å². The number of carbonyl (C=O) groups excluding carboxylic acids is 1. The van der Waals surface area contributed by atoms with Crippen LogP contribution in [0.4, 0.5) is 4.39 Å². The topological polar surface area (TPSA) is 49.3 Å². The first-order valence-corrected chi connectivity index (χ1v) is 8.18. The van der Waals surface area contributed by atoms with Gasteiger partial charge in [-0.3, -0.25) is 4.79 Å². The average Bonchev–Trinajstić information content (AvgIpc) is 2.52. The highest BCUT2D eigenvalue weighted by molar-refractivity contribution is 9.10. The van der Waals surface area contributed by atoms with E-state index < -0.39 is 18.0 Å². The second-order valence-corrected chi connectivity index (χ2v) is 6.58. The summed E-state index contributed by atoms with van der Waals surface area (Å²) >= 11 is 3.19. The van der Waals surface area contributed by atoms with Crippen LogP contribution < -0.4 is 5.32 Å². The maximum absolute atomic E-state index is 13.1. The smallest absolute Gasteiger partial charge is 0.252 e. The first kappa shape index (κ1) is 17.6. The van der Waals surface area contributed by atoms with Crippen LogP contribution in [-0.2, 0) is 0 Å². The van der Waals surface area contributed by atoms with Crippen molar-refractivity contribution < 1.29 is 14.3 Å². The Morgan fingerprint density at radius 1 is 1.17 bits per heavy atom. The molecule has 0 heterocycles. The van der Waals surface area contributed by atoms with E-state index in [1.54, 1.807) is 0 Å². The molecule has 0 aliphatic heterocycles. The summed E-state index contributed by atoms with van der Waals surface area (Å²) in [6, 6.07) is 12.6. The first-order valence-electron chi connectivity index (χ1n) is 7.39. The van der Waals surface area contributed by atoms with Crippen molar-refractivity contribution in [2.45, 2.75) is 26.0 Å². The van der Waals surface area contributed by atoms with Gasteiger partial charge in [-0.15, -0.1) is 0 Å². The van der Waals surface area contributed by atoms with Crippen LogP contribution in [0.5, 0.6) is 0 Å². The molecule has 2 rings (SSSR count). The SMILES string of the molecule is CC(C)[C@H](NC(=O)c1ccc(F)cc1Br)[C@@H](O)c1ccccc1. The van der Waals surface area contributed by atoms with Crippen LogP contribution in [0.1, 0.15) is 35.9 Å². The predicted octanol–water partition coefficient (Wildman–Crippen LogP) is 4.08. The summed E-state index contributed by atoms with van der Waals surface area (Å²) in [6.07, 6.45) is -0.820. The van der Waals surface area contributed by atoms with Gasteiger partial charge < -0.3 is 10.4 Å². The van der Waals surface area contributed by atoms with Crippen molar-refractivity contribution in [3.8, 4) is 0 Å². The van der Waals surface area contributed by atoms with Gasteiger partial charge in [0.05, 0.1) is 17.7 Å². The Hall–Kier alpha value is -1.72. The molecular formula is C18H19BrFNO2. The van der Waals surface area contributed by atoms with Crippen LogP contribution in [-0.4, -0.2) is 17.1 Å². The summed E-state index contributed by atoms with van der Waals surface area (Å²) in [4.78, 5) is 12.5. The van der Waals surface area contributed by atoms with Crippen LogP contribution in [0.3, 0.4) is 0 Å². The Bertz CT molecular complexity index is 676. The van der Waals surface area contributed by atoms with E-state index in [1.165, 1.54) is 18.2 Å². The van der Waals surface area contributed by atoms with Crippen LogP contribution in [0.15, 0.2) is 53.0 Å². The highest BCUT2D eigenvalue weighted by Crippen LogP contribution is 2.23. The summed E-state index contributed by atoms with van der Waals surface area (Å²) in [6.45, 7) is 3.85. The van der Waals surface area contributed by atoms with Gasteiger partial charge in [0.2, 0.25) is 0 Å². The number of rotatable bonds is 5. The Morgan fingerprint density at radius 2 is 1.83 bits per heavy atom. The molecule has 2 N–H and O–H groups in total. The van der Waals surface area contributed by atoms with Crippen molar-refractivity contribution in [1.82, 2.24) is 5.32 Å². The van der Waals surface area contributed by atoms with Gasteiger partial charge in [-0.05, 0) is 45.6 Å². The van der Waals surface area contributed by atoms with Gasteiger partial charge in [0.1, 0.15) is 5.82 Å². The van der Waals surface area contributed by atoms with Crippen LogP contribution in [0.25, 0.3) is 0 Å². The molecule has 1 amide bonds. The van der Waals surface area contributed by atoms with Crippen molar-refractivity contribution in [1.29, 1.82) is 0 Å². The minimum atomic E-state index is -0.820. The molecule has 0 saturated carbocycles. The van der Waals surface area contributed by atoms with Crippen LogP contribution in [0.2, 0.25) is 0 Å². The molecule has 0 aliphatic carbocycles. The Balaban J connectivity index is 2.21. The number of aliphatic hydroxyl groups is 1. The third kappa shape index (κ3) is 4.39. The Kier molecular flexibility index (Phi) is 5.91. The maximum atomic E-state index is 13.1. The first-order chi connectivity index (χ1) is 10.9. The predicted molar refractivity (Wildman–Crippen MR) is 91.6 cm³/mol. The molecule has 122 valence electrons. The second kappa shape index (κ2) is 7.70. The van der Waals surface area contributed by atoms with E-state index in [2.05, 4.69) is 21.2 Å². The van der Waals surface area contributed by atoms with Crippen LogP contribution in [0, 0.1) is 11.7 Å². The summed E-state index contributed by atoms with van der Waals surface area (Å²) in [7, 11) is 0. The zero-order valence-electron chi connectivity index (χ0n) is 13.0. The number of nitrogens with one attached hydrogen (secondary N) is 1. The standard InChI is InChI=1S/C18H19BrFNO2/c1-11(2)16(17(22)12-6-4-3-5-7-12)21-18(23)14-9-8-13(20)10-15(14)19/h3-11,16-17,22H,1-2H3,(H,21,23)/t16-,17-/m0/s1. The van der Waals surface area contributed by atoms with Gasteiger partial charge in [0.15, 0.2) is 0 Å². The summed E-state index contributed by atoms with van der Waals surface area (Å²) in [5.41, 5.74) is 1.07. The number of amides is 1. The fourth-order valence-electron chi connectivity index (χ4n) is 2.37. The van der Waals surface area contributed by atoms with Gasteiger partial charge in [-0.25, -0.2) is 4.39 Å². The fourth-order valence-corrected chi connectivity index (χ4v) is 2.90. The summed E-state index contributed by atoms with van der Waals surface area (Å²) in [5.74, 6) is -0.753. The highest BCUT2D eigenvalue weighted by atomic mass is 79.9. The van der Waals surface area contributed by atoms with Crippen molar-refractivity contribution in [3.05, 3.63) is 69.9 Å². The van der Waals surface area contributed by atoms with E-state index in [0.29, 0.717) is 10.0 Å². The summed E-state index contributed by atoms with van der Waals surface area (Å²) in [5, 5.41) is 13.4. The highest BCUT2D eigenvalue weighted by Gasteiger charge is 2.26. The third-order valence-corrected chi connectivity index (χ3v) is 4.33. The molecule has 5 heteroatoms. The maximum Gasteiger partial charge on any atom is 0.252 e. The zero-order valence-corrected chi connectivity index (χ0v) is 14.5. The Morgan fingerprint density at radius 3 is 2.39 bits per heavy atom. The largest absolute Gasteiger partial charge is 0.386 e. The lowest BCUT2D eigenvalue weighted by molar-refractivity contribution is 0.0759. The lowest BCUT2D eigenvalue weighted by Crippen LogP contribution is -2.43. The molecule has 0 unspecified atom stereocenters. The number of carbonyl (C=O) groups is 1. The van der Waals surface area contributed by atoms with Gasteiger partial charge in [0, 0.05) is 4.47 Å². The molecule has 23 heavy (non-hydrogen) atoms. The molecule has 3 nitrogen and oxygen atoms in total. The minimum Gasteiger partial charge on any atom is -0.386 e. The minimum absolute atomic E-state index is 0.0216. The van der Waals surface area contributed by atoms with Gasteiger partial charge in [0.25, 0.3) is 5.91 Å². The van der Waals surface area contributed by atoms with E-state index in [-0.39, 0.29) is 11.8 Å². The van der Waals surface area contributed by atoms with Crippen molar-refractivity contribution in [2.24, 2.45) is 5.92 Å². The number of hydrogen-bond acceptors (Lipinski definition) is 2. The molecule has 0 bridgehead atoms. The fraction of sp³-hybridized carbons (Fsp3) is 0.278. The molecule has 0 aliphatic rings. The second-order valence-electron chi connectivity index (χ2n) is 5.72. The van der Waals surface area contributed by atoms with Gasteiger partial charge in [-0.1, -0.05) is 44.2 Å². The molecule has 0 aromatic heterocycles. The molecule has 0 spiro atoms. The van der Waals surface area contributed by atoms with Crippen molar-refractivity contribution in [3.63, 3.8) is 0 Å². The molecule has 0 fully saturated rings. The third-order valence-electron chi connectivity index (χ3n) is 3.67. The molecule has 0 saturated heterocycles. The van der Waals surface area contributed by atoms with E-state index in [9.17, 15) is 14.3 Å². The van der Waals surface area contributed by atoms with Crippen molar-refractivity contribution >= 4 is 21.8 Å². The lowest BCUT2D eigenvalue weighted by atomic mass is 9.93. The Labute approximate surface area is 143 Å².